The average Bonchev–Trinajstić information content (AvgIpc) is 3.06. The van der Waals surface area contributed by atoms with Crippen molar-refractivity contribution in [2.45, 2.75) is 4.90 Å². The molecule has 0 spiro atoms. The van der Waals surface area contributed by atoms with E-state index in [-0.39, 0.29) is 36.0 Å². The van der Waals surface area contributed by atoms with E-state index in [1.54, 1.807) is 60.8 Å². The number of hydrogen-bond acceptors (Lipinski definition) is 5. The van der Waals surface area contributed by atoms with Gasteiger partial charge < -0.3 is 9.14 Å². The smallest absolute Gasteiger partial charge is 0.247 e. The molecule has 0 amide bonds. The van der Waals surface area contributed by atoms with Crippen LogP contribution >= 0.6 is 0 Å². The standard InChI is InChI=1S/C18H12N3O3S.Zn/c22-25(23,13-7-2-1-3-8-13)21-15-10-5-4-9-14(15)17-20-16-11-6-12-19-18(16)24-17;/h1-12H;/q-1;. The van der Waals surface area contributed by atoms with Gasteiger partial charge >= 0.3 is 0 Å². The molecular formula is C18H12N3O3SZn-. The van der Waals surface area contributed by atoms with Gasteiger partial charge in [0.05, 0.1) is 4.90 Å². The maximum absolute atomic E-state index is 12.5. The van der Waals surface area contributed by atoms with Crippen molar-refractivity contribution in [2.24, 2.45) is 0 Å². The van der Waals surface area contributed by atoms with Crippen LogP contribution in [-0.2, 0) is 29.5 Å². The van der Waals surface area contributed by atoms with E-state index in [4.69, 9.17) is 4.42 Å². The van der Waals surface area contributed by atoms with E-state index in [1.165, 1.54) is 12.1 Å². The molecule has 8 heteroatoms. The first kappa shape index (κ1) is 18.2. The van der Waals surface area contributed by atoms with Gasteiger partial charge in [-0.2, -0.15) is 0 Å². The van der Waals surface area contributed by atoms with Crippen LogP contribution in [0.4, 0.5) is 5.69 Å². The second kappa shape index (κ2) is 7.35. The number of nitrogens with zero attached hydrogens (tertiary/aromatic N) is 3. The Balaban J connectivity index is 0.00000196. The number of benzene rings is 2. The summed E-state index contributed by atoms with van der Waals surface area (Å²) >= 11 is 0. The van der Waals surface area contributed by atoms with Crippen LogP contribution < -0.4 is 0 Å². The normalized spacial score (nSPS) is 11.1. The fraction of sp³-hybridized carbons (Fsp3) is 0. The van der Waals surface area contributed by atoms with Gasteiger partial charge in [-0.1, -0.05) is 42.5 Å². The van der Waals surface area contributed by atoms with E-state index < -0.39 is 10.0 Å². The fourth-order valence-electron chi connectivity index (χ4n) is 2.39. The molecule has 0 unspecified atom stereocenters. The predicted molar refractivity (Wildman–Crippen MR) is 93.9 cm³/mol. The third kappa shape index (κ3) is 3.52. The molecule has 0 aliphatic carbocycles. The minimum absolute atomic E-state index is 0. The fourth-order valence-corrected chi connectivity index (χ4v) is 3.42. The van der Waals surface area contributed by atoms with Crippen LogP contribution in [0.25, 0.3) is 27.4 Å². The molecule has 0 bridgehead atoms. The molecule has 0 saturated heterocycles. The summed E-state index contributed by atoms with van der Waals surface area (Å²) in [5, 5.41) is 0. The van der Waals surface area contributed by atoms with Crippen LogP contribution in [0.2, 0.25) is 0 Å². The third-order valence-electron chi connectivity index (χ3n) is 3.56. The minimum Gasteiger partial charge on any atom is -0.572 e. The Kier molecular flexibility index (Phi) is 5.16. The molecule has 0 aliphatic heterocycles. The summed E-state index contributed by atoms with van der Waals surface area (Å²) in [6.45, 7) is 0. The Labute approximate surface area is 163 Å². The number of oxazole rings is 1. The predicted octanol–water partition coefficient (Wildman–Crippen LogP) is 4.28. The van der Waals surface area contributed by atoms with Crippen molar-refractivity contribution < 1.29 is 32.3 Å². The van der Waals surface area contributed by atoms with E-state index in [1.807, 2.05) is 0 Å². The van der Waals surface area contributed by atoms with Crippen LogP contribution in [0.1, 0.15) is 0 Å². The van der Waals surface area contributed by atoms with Crippen LogP contribution in [-0.4, -0.2) is 18.4 Å². The molecule has 0 saturated carbocycles. The first-order valence-corrected chi connectivity index (χ1v) is 8.91. The summed E-state index contributed by atoms with van der Waals surface area (Å²) in [5.41, 5.74) is 1.73. The maximum Gasteiger partial charge on any atom is 0.247 e. The van der Waals surface area contributed by atoms with Crippen molar-refractivity contribution >= 4 is 26.9 Å². The van der Waals surface area contributed by atoms with Crippen molar-refractivity contribution in [1.82, 2.24) is 9.97 Å². The first-order chi connectivity index (χ1) is 12.1. The SMILES string of the molecule is O=S(=O)([N-]c1ccccc1-c1nc2cccnc2o1)c1ccccc1.[Zn]. The number of aromatic nitrogens is 2. The van der Waals surface area contributed by atoms with Crippen molar-refractivity contribution in [3.05, 3.63) is 77.6 Å². The number of fused-ring (bicyclic) bond motifs is 1. The van der Waals surface area contributed by atoms with Gasteiger partial charge in [-0.15, -0.1) is 5.69 Å². The zero-order chi connectivity index (χ0) is 17.3. The topological polar surface area (TPSA) is 87.2 Å². The van der Waals surface area contributed by atoms with Gasteiger partial charge in [0.25, 0.3) is 0 Å². The summed E-state index contributed by atoms with van der Waals surface area (Å²) in [6.07, 6.45) is 1.60. The Morgan fingerprint density at radius 3 is 2.38 bits per heavy atom. The summed E-state index contributed by atoms with van der Waals surface area (Å²) < 4.78 is 34.7. The maximum atomic E-state index is 12.5. The molecule has 0 atom stereocenters. The van der Waals surface area contributed by atoms with Crippen molar-refractivity contribution in [2.75, 3.05) is 0 Å². The van der Waals surface area contributed by atoms with Crippen molar-refractivity contribution in [1.29, 1.82) is 0 Å². The monoisotopic (exact) mass is 414 g/mol. The number of sulfonamides is 1. The average molecular weight is 416 g/mol. The third-order valence-corrected chi connectivity index (χ3v) is 4.87. The Bertz CT molecular complexity index is 1110. The van der Waals surface area contributed by atoms with E-state index in [0.717, 1.165) is 0 Å². The van der Waals surface area contributed by atoms with E-state index >= 15 is 0 Å². The molecule has 2 heterocycles. The van der Waals surface area contributed by atoms with E-state index in [9.17, 15) is 8.42 Å². The Hall–Kier alpha value is -2.57. The van der Waals surface area contributed by atoms with Gasteiger partial charge in [0, 0.05) is 31.2 Å². The first-order valence-electron chi connectivity index (χ1n) is 7.47. The second-order valence-corrected chi connectivity index (χ2v) is 6.85. The number of rotatable bonds is 4. The molecule has 0 radical (unpaired) electrons. The van der Waals surface area contributed by atoms with Gasteiger partial charge in [0.2, 0.25) is 11.6 Å². The molecule has 126 valence electrons. The van der Waals surface area contributed by atoms with Gasteiger partial charge in [-0.3, -0.25) is 0 Å². The van der Waals surface area contributed by atoms with Gasteiger partial charge in [0.15, 0.2) is 0 Å². The molecule has 0 aliphatic rings. The number of hydrogen-bond donors (Lipinski definition) is 0. The molecule has 0 N–H and O–H groups in total. The van der Waals surface area contributed by atoms with Crippen LogP contribution in [0.15, 0.2) is 82.2 Å². The van der Waals surface area contributed by atoms with Crippen LogP contribution in [0.3, 0.4) is 0 Å². The summed E-state index contributed by atoms with van der Waals surface area (Å²) in [4.78, 5) is 8.59. The molecule has 2 aromatic carbocycles. The van der Waals surface area contributed by atoms with Crippen molar-refractivity contribution in [3.8, 4) is 11.5 Å². The van der Waals surface area contributed by atoms with Crippen LogP contribution in [0.5, 0.6) is 0 Å². The molecular weight excluding hydrogens is 404 g/mol. The molecule has 4 aromatic rings. The molecule has 4 rings (SSSR count). The molecule has 26 heavy (non-hydrogen) atoms. The largest absolute Gasteiger partial charge is 0.572 e. The van der Waals surface area contributed by atoms with Gasteiger partial charge in [0.1, 0.15) is 15.5 Å². The zero-order valence-corrected chi connectivity index (χ0v) is 17.4. The quantitative estimate of drug-likeness (QED) is 0.464. The zero-order valence-electron chi connectivity index (χ0n) is 13.6. The van der Waals surface area contributed by atoms with E-state index in [2.05, 4.69) is 14.7 Å². The Morgan fingerprint density at radius 2 is 1.62 bits per heavy atom. The van der Waals surface area contributed by atoms with Crippen LogP contribution in [0, 0.1) is 0 Å². The minimum atomic E-state index is -3.83. The van der Waals surface area contributed by atoms with Gasteiger partial charge in [-0.25, -0.2) is 18.4 Å². The number of pyridine rings is 1. The summed E-state index contributed by atoms with van der Waals surface area (Å²) in [6, 6.07) is 18.4. The molecule has 0 fully saturated rings. The summed E-state index contributed by atoms with van der Waals surface area (Å²) in [5.74, 6) is 0.274. The summed E-state index contributed by atoms with van der Waals surface area (Å²) in [7, 11) is -3.83. The molecule has 6 nitrogen and oxygen atoms in total. The second-order valence-electron chi connectivity index (χ2n) is 5.24. The van der Waals surface area contributed by atoms with E-state index in [0.29, 0.717) is 16.8 Å². The Morgan fingerprint density at radius 1 is 0.885 bits per heavy atom. The van der Waals surface area contributed by atoms with Crippen molar-refractivity contribution in [3.63, 3.8) is 0 Å². The molecule has 2 aromatic heterocycles. The van der Waals surface area contributed by atoms with Gasteiger partial charge in [-0.05, 0) is 24.3 Å².